The van der Waals surface area contributed by atoms with Crippen LogP contribution in [0.5, 0.6) is 0 Å². The van der Waals surface area contributed by atoms with Crippen LogP contribution in [0.1, 0.15) is 56.0 Å². The van der Waals surface area contributed by atoms with E-state index >= 15 is 0 Å². The molecule has 29 heavy (non-hydrogen) atoms. The zero-order valence-corrected chi connectivity index (χ0v) is 17.5. The van der Waals surface area contributed by atoms with E-state index in [1.54, 1.807) is 30.3 Å². The molecule has 2 aromatic carbocycles. The predicted molar refractivity (Wildman–Crippen MR) is 116 cm³/mol. The van der Waals surface area contributed by atoms with E-state index in [0.29, 0.717) is 23.3 Å². The van der Waals surface area contributed by atoms with Gasteiger partial charge in [0.05, 0.1) is 0 Å². The number of carbonyl (C=O) groups excluding carboxylic acids is 2. The molecule has 1 saturated carbocycles. The number of Topliss-reactive ketones (excluding diaryl/α,β-unsaturated/α-hetero) is 1. The fourth-order valence-electron chi connectivity index (χ4n) is 4.13. The largest absolute Gasteiger partial charge is 0.458 e. The van der Waals surface area contributed by atoms with Crippen molar-refractivity contribution < 1.29 is 14.3 Å². The Labute approximate surface area is 173 Å². The number of rotatable bonds is 6. The standard InChI is InChI=1S/C26H30O3/c1-18(2)22-15-14-19(3)16-24(22)29-26(28)23(17-20-10-6-4-7-11-20)25(27)21-12-8-5-9-13-21/h4-13,17-19,22,24H,14-16H2,1-3H3/t19-,22-,24-/m1/s1. The summed E-state index contributed by atoms with van der Waals surface area (Å²) in [5.41, 5.74) is 1.38. The molecule has 0 unspecified atom stereocenters. The second-order valence-electron chi connectivity index (χ2n) is 8.43. The highest BCUT2D eigenvalue weighted by Gasteiger charge is 2.35. The summed E-state index contributed by atoms with van der Waals surface area (Å²) < 4.78 is 5.98. The zero-order chi connectivity index (χ0) is 20.8. The third kappa shape index (κ3) is 5.44. The number of benzene rings is 2. The molecule has 2 aromatic rings. The molecular weight excluding hydrogens is 360 g/mol. The Morgan fingerprint density at radius 3 is 2.21 bits per heavy atom. The molecule has 0 heterocycles. The predicted octanol–water partition coefficient (Wildman–Crippen LogP) is 5.96. The van der Waals surface area contributed by atoms with Crippen molar-refractivity contribution in [2.24, 2.45) is 17.8 Å². The molecule has 3 atom stereocenters. The number of hydrogen-bond donors (Lipinski definition) is 0. The summed E-state index contributed by atoms with van der Waals surface area (Å²) in [4.78, 5) is 26.3. The maximum Gasteiger partial charge on any atom is 0.342 e. The summed E-state index contributed by atoms with van der Waals surface area (Å²) in [5.74, 6) is 0.470. The second kappa shape index (κ2) is 9.69. The average Bonchev–Trinajstić information content (AvgIpc) is 2.72. The third-order valence-corrected chi connectivity index (χ3v) is 5.83. The highest BCUT2D eigenvalue weighted by atomic mass is 16.5. The van der Waals surface area contributed by atoms with Crippen LogP contribution in [0.4, 0.5) is 0 Å². The van der Waals surface area contributed by atoms with Crippen LogP contribution < -0.4 is 0 Å². The Hall–Kier alpha value is -2.68. The Morgan fingerprint density at radius 2 is 1.59 bits per heavy atom. The van der Waals surface area contributed by atoms with Crippen molar-refractivity contribution in [3.05, 3.63) is 77.4 Å². The normalized spacial score (nSPS) is 22.3. The lowest BCUT2D eigenvalue weighted by Crippen LogP contribution is -2.36. The van der Waals surface area contributed by atoms with Crippen LogP contribution in [0.3, 0.4) is 0 Å². The number of esters is 1. The minimum atomic E-state index is -0.521. The van der Waals surface area contributed by atoms with Gasteiger partial charge in [-0.2, -0.15) is 0 Å². The molecular formula is C26H30O3. The van der Waals surface area contributed by atoms with E-state index in [0.717, 1.165) is 24.8 Å². The summed E-state index contributed by atoms with van der Waals surface area (Å²) in [6.45, 7) is 6.56. The monoisotopic (exact) mass is 390 g/mol. The molecule has 3 heteroatoms. The van der Waals surface area contributed by atoms with Gasteiger partial charge in [-0.15, -0.1) is 0 Å². The lowest BCUT2D eigenvalue weighted by molar-refractivity contribution is -0.150. The Bertz CT molecular complexity index is 852. The Kier molecular flexibility index (Phi) is 7.03. The van der Waals surface area contributed by atoms with E-state index in [-0.39, 0.29) is 17.5 Å². The first-order valence-electron chi connectivity index (χ1n) is 10.5. The Morgan fingerprint density at radius 1 is 0.966 bits per heavy atom. The maximum absolute atomic E-state index is 13.2. The van der Waals surface area contributed by atoms with Crippen LogP contribution in [0.15, 0.2) is 66.2 Å². The third-order valence-electron chi connectivity index (χ3n) is 5.83. The summed E-state index contributed by atoms with van der Waals surface area (Å²) in [7, 11) is 0. The molecule has 0 amide bonds. The van der Waals surface area contributed by atoms with Crippen molar-refractivity contribution in [3.8, 4) is 0 Å². The summed E-state index contributed by atoms with van der Waals surface area (Å²) in [6.07, 6.45) is 4.57. The highest BCUT2D eigenvalue weighted by molar-refractivity contribution is 6.26. The topological polar surface area (TPSA) is 43.4 Å². The first kappa shape index (κ1) is 21.0. The first-order valence-corrected chi connectivity index (χ1v) is 10.5. The number of ketones is 1. The second-order valence-corrected chi connectivity index (χ2v) is 8.43. The van der Waals surface area contributed by atoms with Crippen LogP contribution in [0.25, 0.3) is 6.08 Å². The lowest BCUT2D eigenvalue weighted by Gasteiger charge is -2.36. The van der Waals surface area contributed by atoms with Gasteiger partial charge in [-0.05, 0) is 42.2 Å². The minimum Gasteiger partial charge on any atom is -0.458 e. The molecule has 3 nitrogen and oxygen atoms in total. The van der Waals surface area contributed by atoms with E-state index in [9.17, 15) is 9.59 Å². The summed E-state index contributed by atoms with van der Waals surface area (Å²) in [5, 5.41) is 0. The van der Waals surface area contributed by atoms with Crippen LogP contribution in [0.2, 0.25) is 0 Å². The molecule has 3 rings (SSSR count). The zero-order valence-electron chi connectivity index (χ0n) is 17.5. The van der Waals surface area contributed by atoms with E-state index < -0.39 is 5.97 Å². The van der Waals surface area contributed by atoms with Crippen molar-refractivity contribution in [3.63, 3.8) is 0 Å². The number of carbonyl (C=O) groups is 2. The molecule has 0 aliphatic heterocycles. The van der Waals surface area contributed by atoms with E-state index in [4.69, 9.17) is 4.74 Å². The summed E-state index contributed by atoms with van der Waals surface area (Å²) >= 11 is 0. The van der Waals surface area contributed by atoms with Gasteiger partial charge in [0.1, 0.15) is 11.7 Å². The minimum absolute atomic E-state index is 0.0862. The molecule has 152 valence electrons. The van der Waals surface area contributed by atoms with Gasteiger partial charge in [-0.3, -0.25) is 4.79 Å². The summed E-state index contributed by atoms with van der Waals surface area (Å²) in [6, 6.07) is 18.4. The van der Waals surface area contributed by atoms with Gasteiger partial charge >= 0.3 is 5.97 Å². The average molecular weight is 391 g/mol. The van der Waals surface area contributed by atoms with Gasteiger partial charge in [-0.1, -0.05) is 87.9 Å². The molecule has 0 N–H and O–H groups in total. The molecule has 0 radical (unpaired) electrons. The van der Waals surface area contributed by atoms with Gasteiger partial charge in [0.2, 0.25) is 0 Å². The fraction of sp³-hybridized carbons (Fsp3) is 0.385. The van der Waals surface area contributed by atoms with Gasteiger partial charge in [0.15, 0.2) is 5.78 Å². The molecule has 0 spiro atoms. The van der Waals surface area contributed by atoms with Crippen LogP contribution >= 0.6 is 0 Å². The van der Waals surface area contributed by atoms with Crippen LogP contribution in [0, 0.1) is 17.8 Å². The number of hydrogen-bond acceptors (Lipinski definition) is 3. The molecule has 0 bridgehead atoms. The van der Waals surface area contributed by atoms with E-state index in [2.05, 4.69) is 20.8 Å². The molecule has 1 aliphatic carbocycles. The highest BCUT2D eigenvalue weighted by Crippen LogP contribution is 2.36. The van der Waals surface area contributed by atoms with E-state index in [1.165, 1.54) is 0 Å². The lowest BCUT2D eigenvalue weighted by atomic mass is 9.75. The maximum atomic E-state index is 13.2. The molecule has 0 aromatic heterocycles. The first-order chi connectivity index (χ1) is 14.0. The van der Waals surface area contributed by atoms with Gasteiger partial charge in [0, 0.05) is 5.56 Å². The van der Waals surface area contributed by atoms with Crippen molar-refractivity contribution >= 4 is 17.8 Å². The Balaban J connectivity index is 1.90. The van der Waals surface area contributed by atoms with Gasteiger partial charge in [-0.25, -0.2) is 4.79 Å². The van der Waals surface area contributed by atoms with Gasteiger partial charge in [0.25, 0.3) is 0 Å². The van der Waals surface area contributed by atoms with Crippen LogP contribution in [-0.4, -0.2) is 17.9 Å². The molecule has 1 fully saturated rings. The number of ether oxygens (including phenoxy) is 1. The van der Waals surface area contributed by atoms with Crippen molar-refractivity contribution in [2.75, 3.05) is 0 Å². The van der Waals surface area contributed by atoms with E-state index in [1.807, 2.05) is 36.4 Å². The SMILES string of the molecule is CC(C)[C@H]1CC[C@@H](C)C[C@H]1OC(=O)C(=Cc1ccccc1)C(=O)c1ccccc1. The quantitative estimate of drug-likeness (QED) is 0.201. The van der Waals surface area contributed by atoms with Crippen molar-refractivity contribution in [1.29, 1.82) is 0 Å². The molecule has 1 aliphatic rings. The van der Waals surface area contributed by atoms with Crippen molar-refractivity contribution in [2.45, 2.75) is 46.1 Å². The van der Waals surface area contributed by atoms with Crippen molar-refractivity contribution in [1.82, 2.24) is 0 Å². The van der Waals surface area contributed by atoms with Crippen LogP contribution in [-0.2, 0) is 9.53 Å². The smallest absolute Gasteiger partial charge is 0.342 e. The van der Waals surface area contributed by atoms with Gasteiger partial charge < -0.3 is 4.74 Å². The fourth-order valence-corrected chi connectivity index (χ4v) is 4.13. The molecule has 0 saturated heterocycles.